The fourth-order valence-electron chi connectivity index (χ4n) is 3.53. The number of hydrogen-bond acceptors (Lipinski definition) is 4. The zero-order valence-electron chi connectivity index (χ0n) is 19.4. The van der Waals surface area contributed by atoms with Crippen LogP contribution < -0.4 is 10.7 Å². The van der Waals surface area contributed by atoms with Gasteiger partial charge in [-0.25, -0.2) is 0 Å². The van der Waals surface area contributed by atoms with E-state index in [1.807, 2.05) is 63.2 Å². The van der Waals surface area contributed by atoms with E-state index in [9.17, 15) is 14.4 Å². The molecule has 7 heteroatoms. The minimum absolute atomic E-state index is 0.00251. The third-order valence-corrected chi connectivity index (χ3v) is 5.53. The number of rotatable bonds is 9. The zero-order chi connectivity index (χ0) is 23.8. The second kappa shape index (κ2) is 11.2. The normalized spacial score (nSPS) is 10.6. The summed E-state index contributed by atoms with van der Waals surface area (Å²) >= 11 is 0. The Morgan fingerprint density at radius 2 is 1.70 bits per heavy atom. The van der Waals surface area contributed by atoms with Crippen LogP contribution >= 0.6 is 0 Å². The molecule has 0 atom stereocenters. The van der Waals surface area contributed by atoms with Crippen molar-refractivity contribution in [3.05, 3.63) is 99.2 Å². The van der Waals surface area contributed by atoms with E-state index >= 15 is 0 Å². The first-order chi connectivity index (χ1) is 15.9. The summed E-state index contributed by atoms with van der Waals surface area (Å²) in [7, 11) is 0. The second-order valence-corrected chi connectivity index (χ2v) is 7.87. The molecule has 0 fully saturated rings. The van der Waals surface area contributed by atoms with Crippen molar-refractivity contribution >= 4 is 11.8 Å². The number of nitrogens with zero attached hydrogens (tertiary/aromatic N) is 3. The summed E-state index contributed by atoms with van der Waals surface area (Å²) in [5.74, 6) is -0.869. The number of carbonyl (C=O) groups excluding carboxylic acids is 2. The first kappa shape index (κ1) is 23.9. The van der Waals surface area contributed by atoms with Crippen molar-refractivity contribution in [2.45, 2.75) is 40.3 Å². The quantitative estimate of drug-likeness (QED) is 0.547. The van der Waals surface area contributed by atoms with E-state index in [1.54, 1.807) is 21.9 Å². The molecule has 0 radical (unpaired) electrons. The van der Waals surface area contributed by atoms with E-state index in [2.05, 4.69) is 10.3 Å². The van der Waals surface area contributed by atoms with Gasteiger partial charge in [0.05, 0.1) is 0 Å². The number of aromatic nitrogens is 2. The van der Waals surface area contributed by atoms with Gasteiger partial charge in [0.15, 0.2) is 0 Å². The van der Waals surface area contributed by atoms with Gasteiger partial charge in [-0.15, -0.1) is 0 Å². The standard InChI is InChI=1S/C26H30N4O3/c1-4-30(5-2)26(33)23-18-29(15-13-21-8-6-7-14-27-21)17-22(24(23)31)25(32)28-16-20-11-9-19(3)10-12-20/h6-12,14,17-18H,4-5,13,15-16H2,1-3H3,(H,28,32). The lowest BCUT2D eigenvalue weighted by Crippen LogP contribution is -2.37. The fraction of sp³-hybridized carbons (Fsp3) is 0.308. The highest BCUT2D eigenvalue weighted by Crippen LogP contribution is 2.07. The van der Waals surface area contributed by atoms with Crippen molar-refractivity contribution in [2.24, 2.45) is 0 Å². The van der Waals surface area contributed by atoms with Crippen molar-refractivity contribution in [1.82, 2.24) is 19.8 Å². The highest BCUT2D eigenvalue weighted by Gasteiger charge is 2.22. The predicted octanol–water partition coefficient (Wildman–Crippen LogP) is 3.21. The van der Waals surface area contributed by atoms with Crippen LogP contribution in [-0.4, -0.2) is 39.4 Å². The minimum Gasteiger partial charge on any atom is -0.352 e. The topological polar surface area (TPSA) is 84.3 Å². The summed E-state index contributed by atoms with van der Waals surface area (Å²) in [5.41, 5.74) is 2.35. The van der Waals surface area contributed by atoms with Crippen LogP contribution in [0.5, 0.6) is 0 Å². The van der Waals surface area contributed by atoms with Gasteiger partial charge in [-0.2, -0.15) is 0 Å². The molecule has 0 spiro atoms. The van der Waals surface area contributed by atoms with Crippen molar-refractivity contribution in [2.75, 3.05) is 13.1 Å². The molecule has 0 bridgehead atoms. The smallest absolute Gasteiger partial charge is 0.259 e. The van der Waals surface area contributed by atoms with Crippen molar-refractivity contribution in [3.63, 3.8) is 0 Å². The summed E-state index contributed by atoms with van der Waals surface area (Å²) in [6.07, 6.45) is 5.39. The van der Waals surface area contributed by atoms with E-state index in [0.717, 1.165) is 16.8 Å². The van der Waals surface area contributed by atoms with Gasteiger partial charge in [-0.3, -0.25) is 19.4 Å². The molecular weight excluding hydrogens is 416 g/mol. The lowest BCUT2D eigenvalue weighted by Gasteiger charge is -2.19. The Kier molecular flexibility index (Phi) is 8.13. The van der Waals surface area contributed by atoms with Crippen molar-refractivity contribution in [1.29, 1.82) is 0 Å². The number of aryl methyl sites for hydroxylation is 3. The Bertz CT molecular complexity index is 1150. The van der Waals surface area contributed by atoms with E-state index in [-0.39, 0.29) is 17.0 Å². The molecule has 0 aliphatic carbocycles. The van der Waals surface area contributed by atoms with E-state index in [0.29, 0.717) is 32.6 Å². The van der Waals surface area contributed by atoms with Crippen molar-refractivity contribution in [3.8, 4) is 0 Å². The largest absolute Gasteiger partial charge is 0.352 e. The summed E-state index contributed by atoms with van der Waals surface area (Å²) in [4.78, 5) is 45.0. The van der Waals surface area contributed by atoms with Gasteiger partial charge in [0, 0.05) is 56.9 Å². The van der Waals surface area contributed by atoms with Gasteiger partial charge >= 0.3 is 0 Å². The van der Waals surface area contributed by atoms with Crippen LogP contribution in [0.15, 0.2) is 65.8 Å². The molecule has 0 aliphatic rings. The third kappa shape index (κ3) is 6.16. The Morgan fingerprint density at radius 3 is 2.33 bits per heavy atom. The molecule has 1 aromatic carbocycles. The molecule has 2 heterocycles. The van der Waals surface area contributed by atoms with E-state index in [4.69, 9.17) is 0 Å². The zero-order valence-corrected chi connectivity index (χ0v) is 19.4. The van der Waals surface area contributed by atoms with Crippen LogP contribution in [0.25, 0.3) is 0 Å². The summed E-state index contributed by atoms with van der Waals surface area (Å²) < 4.78 is 1.73. The molecule has 0 unspecified atom stereocenters. The average Bonchev–Trinajstić information content (AvgIpc) is 2.84. The number of nitrogens with one attached hydrogen (secondary N) is 1. The van der Waals surface area contributed by atoms with Crippen LogP contribution in [0.1, 0.15) is 51.4 Å². The number of benzene rings is 1. The molecule has 33 heavy (non-hydrogen) atoms. The molecule has 2 amide bonds. The predicted molar refractivity (Wildman–Crippen MR) is 128 cm³/mol. The van der Waals surface area contributed by atoms with Crippen molar-refractivity contribution < 1.29 is 9.59 Å². The van der Waals surface area contributed by atoms with Crippen LogP contribution in [0.2, 0.25) is 0 Å². The van der Waals surface area contributed by atoms with E-state index < -0.39 is 11.3 Å². The Labute approximate surface area is 194 Å². The maximum Gasteiger partial charge on any atom is 0.259 e. The molecule has 3 aromatic rings. The summed E-state index contributed by atoms with van der Waals surface area (Å²) in [6, 6.07) is 13.5. The maximum absolute atomic E-state index is 13.1. The molecule has 0 saturated heterocycles. The second-order valence-electron chi connectivity index (χ2n) is 7.87. The van der Waals surface area contributed by atoms with Crippen LogP contribution in [0, 0.1) is 6.92 Å². The Balaban J connectivity index is 1.89. The number of carbonyl (C=O) groups is 2. The number of amides is 2. The van der Waals surface area contributed by atoms with Gasteiger partial charge in [0.25, 0.3) is 11.8 Å². The lowest BCUT2D eigenvalue weighted by atomic mass is 10.1. The van der Waals surface area contributed by atoms with Gasteiger partial charge < -0.3 is 14.8 Å². The van der Waals surface area contributed by atoms with Crippen LogP contribution in [-0.2, 0) is 19.5 Å². The van der Waals surface area contributed by atoms with Crippen LogP contribution in [0.3, 0.4) is 0 Å². The van der Waals surface area contributed by atoms with E-state index in [1.165, 1.54) is 6.20 Å². The van der Waals surface area contributed by atoms with Gasteiger partial charge in [0.2, 0.25) is 5.43 Å². The number of hydrogen-bond donors (Lipinski definition) is 1. The molecule has 0 saturated carbocycles. The molecule has 0 aliphatic heterocycles. The summed E-state index contributed by atoms with van der Waals surface area (Å²) in [6.45, 7) is 7.44. The minimum atomic E-state index is -0.553. The molecular formula is C26H30N4O3. The SMILES string of the molecule is CCN(CC)C(=O)c1cn(CCc2ccccn2)cc(C(=O)NCc2ccc(C)cc2)c1=O. The molecule has 3 rings (SSSR count). The highest BCUT2D eigenvalue weighted by molar-refractivity contribution is 5.99. The van der Waals surface area contributed by atoms with Gasteiger partial charge in [-0.05, 0) is 38.5 Å². The average molecular weight is 447 g/mol. The van der Waals surface area contributed by atoms with Crippen LogP contribution in [0.4, 0.5) is 0 Å². The Morgan fingerprint density at radius 1 is 1.00 bits per heavy atom. The fourth-order valence-corrected chi connectivity index (χ4v) is 3.53. The first-order valence-corrected chi connectivity index (χ1v) is 11.2. The molecule has 2 aromatic heterocycles. The first-order valence-electron chi connectivity index (χ1n) is 11.2. The Hall–Kier alpha value is -3.74. The lowest BCUT2D eigenvalue weighted by molar-refractivity contribution is 0.0770. The monoisotopic (exact) mass is 446 g/mol. The molecule has 7 nitrogen and oxygen atoms in total. The highest BCUT2D eigenvalue weighted by atomic mass is 16.2. The van der Waals surface area contributed by atoms with Gasteiger partial charge in [-0.1, -0.05) is 35.9 Å². The van der Waals surface area contributed by atoms with Gasteiger partial charge in [0.1, 0.15) is 11.1 Å². The third-order valence-electron chi connectivity index (χ3n) is 5.53. The molecule has 172 valence electrons. The number of pyridine rings is 2. The molecule has 1 N–H and O–H groups in total. The summed E-state index contributed by atoms with van der Waals surface area (Å²) in [5, 5.41) is 2.81. The maximum atomic E-state index is 13.1.